The maximum Gasteiger partial charge on any atom is 0.237 e. The van der Waals surface area contributed by atoms with Gasteiger partial charge in [-0.15, -0.1) is 0 Å². The summed E-state index contributed by atoms with van der Waals surface area (Å²) in [5.74, 6) is 0.197. The smallest absolute Gasteiger partial charge is 0.237 e. The molecule has 28 heavy (non-hydrogen) atoms. The van der Waals surface area contributed by atoms with E-state index in [9.17, 15) is 9.59 Å². The predicted molar refractivity (Wildman–Crippen MR) is 112 cm³/mol. The largest absolute Gasteiger partial charge is 0.358 e. The van der Waals surface area contributed by atoms with Gasteiger partial charge in [0.1, 0.15) is 0 Å². The van der Waals surface area contributed by atoms with E-state index in [2.05, 4.69) is 26.2 Å². The van der Waals surface area contributed by atoms with Crippen molar-refractivity contribution >= 4 is 34.8 Å². The summed E-state index contributed by atoms with van der Waals surface area (Å²) in [5, 5.41) is 13.1. The number of fused-ring (bicyclic) bond motifs is 1. The van der Waals surface area contributed by atoms with Gasteiger partial charge in [0.05, 0.1) is 6.04 Å². The van der Waals surface area contributed by atoms with E-state index in [1.54, 1.807) is 0 Å². The van der Waals surface area contributed by atoms with Gasteiger partial charge in [0, 0.05) is 43.3 Å². The van der Waals surface area contributed by atoms with E-state index in [1.807, 2.05) is 30.3 Å². The van der Waals surface area contributed by atoms with Crippen LogP contribution < -0.4 is 21.3 Å². The second kappa shape index (κ2) is 8.45. The highest BCUT2D eigenvalue weighted by Gasteiger charge is 2.43. The van der Waals surface area contributed by atoms with Gasteiger partial charge < -0.3 is 21.3 Å². The Morgan fingerprint density at radius 3 is 2.71 bits per heavy atom. The standard InChI is InChI=1S/C20H27N5O2S/c26-18(22-14-6-7-14)9-8-16-11-21-19(27)17-10-15(12-25(16)17)24-20(28)23-13-4-2-1-3-5-13/h1-5,14-17H,6-12H2,(H,21,27)(H,22,26)(H2,23,24,28)/t15-,16+,17-/m0/s1. The topological polar surface area (TPSA) is 85.5 Å². The zero-order valence-corrected chi connectivity index (χ0v) is 16.6. The van der Waals surface area contributed by atoms with E-state index in [4.69, 9.17) is 12.2 Å². The van der Waals surface area contributed by atoms with Crippen molar-refractivity contribution in [2.75, 3.05) is 18.4 Å². The number of para-hydroxylation sites is 1. The van der Waals surface area contributed by atoms with Crippen LogP contribution in [0, 0.1) is 0 Å². The van der Waals surface area contributed by atoms with E-state index in [-0.39, 0.29) is 29.9 Å². The summed E-state index contributed by atoms with van der Waals surface area (Å²) >= 11 is 5.43. The molecule has 4 N–H and O–H groups in total. The Morgan fingerprint density at radius 1 is 1.18 bits per heavy atom. The fraction of sp³-hybridized carbons (Fsp3) is 0.550. The maximum atomic E-state index is 12.3. The number of carbonyl (C=O) groups is 2. The highest BCUT2D eigenvalue weighted by molar-refractivity contribution is 7.80. The summed E-state index contributed by atoms with van der Waals surface area (Å²) in [6.07, 6.45) is 4.18. The molecule has 1 aromatic carbocycles. The molecule has 4 rings (SSSR count). The van der Waals surface area contributed by atoms with Gasteiger partial charge in [-0.1, -0.05) is 18.2 Å². The van der Waals surface area contributed by atoms with Crippen molar-refractivity contribution < 1.29 is 9.59 Å². The van der Waals surface area contributed by atoms with Crippen LogP contribution in [0.25, 0.3) is 0 Å². The lowest BCUT2D eigenvalue weighted by Crippen LogP contribution is -2.58. The van der Waals surface area contributed by atoms with Gasteiger partial charge in [0.15, 0.2) is 5.11 Å². The minimum Gasteiger partial charge on any atom is -0.358 e. The first-order valence-electron chi connectivity index (χ1n) is 10.0. The van der Waals surface area contributed by atoms with Crippen LogP contribution in [0.1, 0.15) is 32.1 Å². The van der Waals surface area contributed by atoms with E-state index < -0.39 is 0 Å². The molecule has 0 spiro atoms. The number of hydrogen-bond donors (Lipinski definition) is 4. The first-order chi connectivity index (χ1) is 13.6. The zero-order chi connectivity index (χ0) is 19.5. The number of anilines is 1. The van der Waals surface area contributed by atoms with Crippen LogP contribution in [0.4, 0.5) is 5.69 Å². The molecule has 1 aliphatic carbocycles. The molecule has 2 aliphatic heterocycles. The maximum absolute atomic E-state index is 12.3. The summed E-state index contributed by atoms with van der Waals surface area (Å²) in [4.78, 5) is 26.6. The van der Waals surface area contributed by atoms with Gasteiger partial charge in [0.25, 0.3) is 0 Å². The molecule has 2 heterocycles. The third-order valence-electron chi connectivity index (χ3n) is 5.64. The van der Waals surface area contributed by atoms with Crippen LogP contribution >= 0.6 is 12.2 Å². The fourth-order valence-electron chi connectivity index (χ4n) is 4.05. The number of nitrogens with one attached hydrogen (secondary N) is 4. The number of carbonyl (C=O) groups excluding carboxylic acids is 2. The molecule has 1 aromatic rings. The molecule has 0 radical (unpaired) electrons. The molecular weight excluding hydrogens is 374 g/mol. The molecule has 3 aliphatic rings. The van der Waals surface area contributed by atoms with Crippen molar-refractivity contribution in [2.24, 2.45) is 0 Å². The molecule has 0 unspecified atom stereocenters. The normalized spacial score (nSPS) is 26.9. The minimum absolute atomic E-state index is 0.0740. The quantitative estimate of drug-likeness (QED) is 0.532. The molecule has 1 saturated carbocycles. The van der Waals surface area contributed by atoms with Gasteiger partial charge in [-0.2, -0.15) is 0 Å². The zero-order valence-electron chi connectivity index (χ0n) is 15.8. The van der Waals surface area contributed by atoms with Crippen molar-refractivity contribution in [3.63, 3.8) is 0 Å². The number of piperazine rings is 1. The number of benzene rings is 1. The van der Waals surface area contributed by atoms with Crippen molar-refractivity contribution in [2.45, 2.75) is 56.3 Å². The highest BCUT2D eigenvalue weighted by Crippen LogP contribution is 2.26. The van der Waals surface area contributed by atoms with E-state index in [0.717, 1.165) is 31.5 Å². The number of rotatable bonds is 6. The first-order valence-corrected chi connectivity index (χ1v) is 10.4. The molecule has 7 nitrogen and oxygen atoms in total. The van der Waals surface area contributed by atoms with Crippen molar-refractivity contribution in [3.8, 4) is 0 Å². The molecule has 0 aromatic heterocycles. The lowest BCUT2D eigenvalue weighted by molar-refractivity contribution is -0.129. The lowest BCUT2D eigenvalue weighted by Gasteiger charge is -2.37. The van der Waals surface area contributed by atoms with E-state index in [1.165, 1.54) is 0 Å². The van der Waals surface area contributed by atoms with Crippen molar-refractivity contribution in [3.05, 3.63) is 30.3 Å². The second-order valence-electron chi connectivity index (χ2n) is 7.89. The Labute approximate surface area is 170 Å². The molecular formula is C20H27N5O2S. The number of hydrogen-bond acceptors (Lipinski definition) is 4. The summed E-state index contributed by atoms with van der Waals surface area (Å²) < 4.78 is 0. The molecule has 2 amide bonds. The Bertz CT molecular complexity index is 739. The van der Waals surface area contributed by atoms with Gasteiger partial charge in [-0.05, 0) is 50.0 Å². The minimum atomic E-state index is -0.151. The van der Waals surface area contributed by atoms with Crippen molar-refractivity contribution in [1.29, 1.82) is 0 Å². The third kappa shape index (κ3) is 4.80. The summed E-state index contributed by atoms with van der Waals surface area (Å²) in [6, 6.07) is 10.3. The number of thiocarbonyl (C=S) groups is 1. The Balaban J connectivity index is 1.29. The molecule has 8 heteroatoms. The van der Waals surface area contributed by atoms with Gasteiger partial charge in [-0.25, -0.2) is 0 Å². The monoisotopic (exact) mass is 401 g/mol. The second-order valence-corrected chi connectivity index (χ2v) is 8.30. The average Bonchev–Trinajstić information content (AvgIpc) is 3.38. The van der Waals surface area contributed by atoms with Crippen molar-refractivity contribution in [1.82, 2.24) is 20.9 Å². The lowest BCUT2D eigenvalue weighted by atomic mass is 10.0. The van der Waals surface area contributed by atoms with Crippen LogP contribution in [0.3, 0.4) is 0 Å². The molecule has 0 bridgehead atoms. The summed E-state index contributed by atoms with van der Waals surface area (Å²) in [5.41, 5.74) is 0.938. The highest BCUT2D eigenvalue weighted by atomic mass is 32.1. The number of amides is 2. The van der Waals surface area contributed by atoms with Gasteiger partial charge in [0.2, 0.25) is 11.8 Å². The van der Waals surface area contributed by atoms with Crippen LogP contribution in [0.15, 0.2) is 30.3 Å². The predicted octanol–water partition coefficient (Wildman–Crippen LogP) is 0.973. The fourth-order valence-corrected chi connectivity index (χ4v) is 4.33. The van der Waals surface area contributed by atoms with Crippen LogP contribution in [0.2, 0.25) is 0 Å². The summed E-state index contributed by atoms with van der Waals surface area (Å²) in [6.45, 7) is 1.36. The Morgan fingerprint density at radius 2 is 1.96 bits per heavy atom. The van der Waals surface area contributed by atoms with E-state index >= 15 is 0 Å². The first kappa shape index (κ1) is 19.1. The van der Waals surface area contributed by atoms with Gasteiger partial charge in [-0.3, -0.25) is 14.5 Å². The Kier molecular flexibility index (Phi) is 5.77. The average molecular weight is 402 g/mol. The number of nitrogens with zero attached hydrogens (tertiary/aromatic N) is 1. The summed E-state index contributed by atoms with van der Waals surface area (Å²) in [7, 11) is 0. The van der Waals surface area contributed by atoms with Crippen LogP contribution in [-0.2, 0) is 9.59 Å². The Hall–Kier alpha value is -2.19. The van der Waals surface area contributed by atoms with Crippen LogP contribution in [-0.4, -0.2) is 59.1 Å². The van der Waals surface area contributed by atoms with Gasteiger partial charge >= 0.3 is 0 Å². The molecule has 3 fully saturated rings. The van der Waals surface area contributed by atoms with Crippen LogP contribution in [0.5, 0.6) is 0 Å². The molecule has 2 saturated heterocycles. The molecule has 150 valence electrons. The molecule has 3 atom stereocenters. The third-order valence-corrected chi connectivity index (χ3v) is 5.86. The SMILES string of the molecule is O=C(CC[C@@H]1CNC(=O)[C@@H]2C[C@H](NC(=S)Nc3ccccc3)CN12)NC1CC1. The van der Waals surface area contributed by atoms with E-state index in [0.29, 0.717) is 30.5 Å².